The van der Waals surface area contributed by atoms with E-state index in [4.69, 9.17) is 23.2 Å². The smallest absolute Gasteiger partial charge is 0.244 e. The number of amides is 2. The Labute approximate surface area is 205 Å². The molecule has 7 nitrogen and oxygen atoms in total. The van der Waals surface area contributed by atoms with Crippen molar-refractivity contribution in [1.29, 1.82) is 0 Å². The summed E-state index contributed by atoms with van der Waals surface area (Å²) in [4.78, 5) is 27.6. The highest BCUT2D eigenvalue weighted by atomic mass is 35.5. The minimum Gasteiger partial charge on any atom is -0.355 e. The van der Waals surface area contributed by atoms with Crippen LogP contribution in [-0.4, -0.2) is 50.5 Å². The van der Waals surface area contributed by atoms with E-state index in [1.54, 1.807) is 13.8 Å². The van der Waals surface area contributed by atoms with Gasteiger partial charge in [-0.05, 0) is 44.0 Å². The second kappa shape index (κ2) is 11.7. The maximum atomic E-state index is 13.5. The first-order valence-corrected chi connectivity index (χ1v) is 13.1. The number of nitrogens with one attached hydrogen (secondary N) is 1. The van der Waals surface area contributed by atoms with Crippen LogP contribution in [0.25, 0.3) is 0 Å². The van der Waals surface area contributed by atoms with Crippen molar-refractivity contribution in [2.75, 3.05) is 23.7 Å². The standard InChI is InChI=1S/C23H29Cl2N3O4S/c1-5-21(23(30)26-6-2)27(14-17-9-7-16(3)8-10-17)22(29)15-28(33(4,31)32)20-12-18(24)11-19(25)13-20/h7-13,21H,5-6,14-15H2,1-4H3,(H,26,30)/t21-/m1/s1. The summed E-state index contributed by atoms with van der Waals surface area (Å²) in [5.74, 6) is -0.813. The molecule has 0 aliphatic heterocycles. The van der Waals surface area contributed by atoms with Crippen molar-refractivity contribution in [1.82, 2.24) is 10.2 Å². The quantitative estimate of drug-likeness (QED) is 0.519. The summed E-state index contributed by atoms with van der Waals surface area (Å²) in [6, 6.07) is 11.2. The number of nitrogens with zero attached hydrogens (tertiary/aromatic N) is 2. The van der Waals surface area contributed by atoms with E-state index in [1.807, 2.05) is 31.2 Å². The van der Waals surface area contributed by atoms with E-state index >= 15 is 0 Å². The fourth-order valence-electron chi connectivity index (χ4n) is 3.40. The number of benzene rings is 2. The predicted octanol–water partition coefficient (Wildman–Crippen LogP) is 4.01. The van der Waals surface area contributed by atoms with Gasteiger partial charge in [-0.2, -0.15) is 0 Å². The maximum Gasteiger partial charge on any atom is 0.244 e. The highest BCUT2D eigenvalue weighted by Gasteiger charge is 2.31. The fraction of sp³-hybridized carbons (Fsp3) is 0.391. The molecule has 10 heteroatoms. The van der Waals surface area contributed by atoms with Crippen LogP contribution < -0.4 is 9.62 Å². The first-order chi connectivity index (χ1) is 15.5. The monoisotopic (exact) mass is 513 g/mol. The molecule has 2 amide bonds. The van der Waals surface area contributed by atoms with Gasteiger partial charge in [-0.3, -0.25) is 13.9 Å². The largest absolute Gasteiger partial charge is 0.355 e. The zero-order chi connectivity index (χ0) is 24.8. The Morgan fingerprint density at radius 2 is 1.61 bits per heavy atom. The molecule has 0 unspecified atom stereocenters. The van der Waals surface area contributed by atoms with Gasteiger partial charge in [0.25, 0.3) is 0 Å². The number of carbonyl (C=O) groups excluding carboxylic acids is 2. The zero-order valence-electron chi connectivity index (χ0n) is 19.1. The number of hydrogen-bond donors (Lipinski definition) is 1. The molecule has 0 saturated carbocycles. The summed E-state index contributed by atoms with van der Waals surface area (Å²) in [6.07, 6.45) is 1.37. The van der Waals surface area contributed by atoms with E-state index in [-0.39, 0.29) is 28.2 Å². The molecule has 0 spiro atoms. The van der Waals surface area contributed by atoms with Crippen molar-refractivity contribution in [3.8, 4) is 0 Å². The van der Waals surface area contributed by atoms with Crippen LogP contribution in [0.4, 0.5) is 5.69 Å². The van der Waals surface area contributed by atoms with Gasteiger partial charge in [-0.1, -0.05) is 60.0 Å². The maximum absolute atomic E-state index is 13.5. The van der Waals surface area contributed by atoms with Gasteiger partial charge in [0, 0.05) is 23.1 Å². The van der Waals surface area contributed by atoms with E-state index in [9.17, 15) is 18.0 Å². The second-order valence-corrected chi connectivity index (χ2v) is 10.5. The molecule has 0 bridgehead atoms. The molecular formula is C23H29Cl2N3O4S. The second-order valence-electron chi connectivity index (χ2n) is 7.72. The summed E-state index contributed by atoms with van der Waals surface area (Å²) in [6.45, 7) is 5.63. The Kier molecular flexibility index (Phi) is 9.57. The van der Waals surface area contributed by atoms with Crippen LogP contribution in [0.2, 0.25) is 10.0 Å². The number of sulfonamides is 1. The molecule has 2 rings (SSSR count). The Hall–Kier alpha value is -2.29. The van der Waals surface area contributed by atoms with Gasteiger partial charge in [0.1, 0.15) is 12.6 Å². The molecule has 33 heavy (non-hydrogen) atoms. The molecule has 0 aromatic heterocycles. The van der Waals surface area contributed by atoms with Crippen molar-refractivity contribution < 1.29 is 18.0 Å². The molecule has 0 saturated heterocycles. The minimum atomic E-state index is -3.85. The van der Waals surface area contributed by atoms with Crippen molar-refractivity contribution in [2.24, 2.45) is 0 Å². The molecule has 0 aliphatic carbocycles. The van der Waals surface area contributed by atoms with Gasteiger partial charge in [-0.15, -0.1) is 0 Å². The van der Waals surface area contributed by atoms with Gasteiger partial charge in [0.2, 0.25) is 21.8 Å². The fourth-order valence-corrected chi connectivity index (χ4v) is 4.75. The third-order valence-corrected chi connectivity index (χ3v) is 6.60. The number of anilines is 1. The molecule has 0 aliphatic rings. The number of hydrogen-bond acceptors (Lipinski definition) is 4. The number of halogens is 2. The van der Waals surface area contributed by atoms with Crippen LogP contribution in [-0.2, 0) is 26.2 Å². The summed E-state index contributed by atoms with van der Waals surface area (Å²) in [5, 5.41) is 3.24. The lowest BCUT2D eigenvalue weighted by Gasteiger charge is -2.32. The lowest BCUT2D eigenvalue weighted by Crippen LogP contribution is -2.52. The summed E-state index contributed by atoms with van der Waals surface area (Å²) < 4.78 is 26.1. The molecule has 2 aromatic rings. The van der Waals surface area contributed by atoms with Crippen LogP contribution >= 0.6 is 23.2 Å². The first kappa shape index (κ1) is 27.0. The van der Waals surface area contributed by atoms with Crippen LogP contribution in [0.5, 0.6) is 0 Å². The molecule has 1 N–H and O–H groups in total. The van der Waals surface area contributed by atoms with Crippen molar-refractivity contribution in [3.05, 3.63) is 63.6 Å². The number of aryl methyl sites for hydroxylation is 1. The molecular weight excluding hydrogens is 485 g/mol. The average Bonchev–Trinajstić information content (AvgIpc) is 2.71. The molecule has 1 atom stereocenters. The van der Waals surface area contributed by atoms with Crippen molar-refractivity contribution in [2.45, 2.75) is 39.8 Å². The molecule has 0 heterocycles. The highest BCUT2D eigenvalue weighted by molar-refractivity contribution is 7.92. The van der Waals surface area contributed by atoms with Crippen molar-refractivity contribution in [3.63, 3.8) is 0 Å². The van der Waals surface area contributed by atoms with Gasteiger partial charge in [0.15, 0.2) is 0 Å². The lowest BCUT2D eigenvalue weighted by molar-refractivity contribution is -0.140. The minimum absolute atomic E-state index is 0.155. The first-order valence-electron chi connectivity index (χ1n) is 10.5. The molecule has 180 valence electrons. The van der Waals surface area contributed by atoms with Crippen LogP contribution in [0, 0.1) is 6.92 Å². The predicted molar refractivity (Wildman–Crippen MR) is 133 cm³/mol. The van der Waals surface area contributed by atoms with E-state index in [2.05, 4.69) is 5.32 Å². The van der Waals surface area contributed by atoms with E-state index in [0.29, 0.717) is 13.0 Å². The van der Waals surface area contributed by atoms with E-state index in [0.717, 1.165) is 21.7 Å². The van der Waals surface area contributed by atoms with Gasteiger partial charge in [-0.25, -0.2) is 8.42 Å². The third-order valence-electron chi connectivity index (χ3n) is 5.02. The topological polar surface area (TPSA) is 86.8 Å². The third kappa shape index (κ3) is 7.62. The average molecular weight is 514 g/mol. The van der Waals surface area contributed by atoms with Crippen LogP contribution in [0.15, 0.2) is 42.5 Å². The molecule has 2 aromatic carbocycles. The lowest BCUT2D eigenvalue weighted by atomic mass is 10.1. The summed E-state index contributed by atoms with van der Waals surface area (Å²) in [5.41, 5.74) is 2.06. The van der Waals surface area contributed by atoms with Gasteiger partial charge >= 0.3 is 0 Å². The number of carbonyl (C=O) groups is 2. The highest BCUT2D eigenvalue weighted by Crippen LogP contribution is 2.27. The molecule has 0 radical (unpaired) electrons. The summed E-state index contributed by atoms with van der Waals surface area (Å²) in [7, 11) is -3.85. The van der Waals surface area contributed by atoms with Crippen molar-refractivity contribution >= 4 is 50.7 Å². The number of likely N-dealkylation sites (N-methyl/N-ethyl adjacent to an activating group) is 1. The Morgan fingerprint density at radius 1 is 1.03 bits per heavy atom. The Balaban J connectivity index is 2.45. The SMILES string of the molecule is CCNC(=O)[C@@H](CC)N(Cc1ccc(C)cc1)C(=O)CN(c1cc(Cl)cc(Cl)c1)S(C)(=O)=O. The van der Waals surface area contributed by atoms with Crippen LogP contribution in [0.3, 0.4) is 0 Å². The zero-order valence-corrected chi connectivity index (χ0v) is 21.5. The van der Waals surface area contributed by atoms with Gasteiger partial charge < -0.3 is 10.2 Å². The van der Waals surface area contributed by atoms with E-state index < -0.39 is 28.5 Å². The van der Waals surface area contributed by atoms with Gasteiger partial charge in [0.05, 0.1) is 11.9 Å². The number of rotatable bonds is 10. The summed E-state index contributed by atoms with van der Waals surface area (Å²) >= 11 is 12.1. The Morgan fingerprint density at radius 3 is 2.09 bits per heavy atom. The van der Waals surface area contributed by atoms with E-state index in [1.165, 1.54) is 23.1 Å². The molecule has 0 fully saturated rings. The Bertz CT molecular complexity index is 1070. The normalized spacial score (nSPS) is 12.2. The van der Waals surface area contributed by atoms with Crippen LogP contribution in [0.1, 0.15) is 31.4 Å².